The van der Waals surface area contributed by atoms with Gasteiger partial charge in [-0.2, -0.15) is 0 Å². The Hall–Kier alpha value is -1.24. The van der Waals surface area contributed by atoms with Crippen molar-refractivity contribution >= 4 is 15.4 Å². The molecule has 2 N–H and O–H groups in total. The lowest BCUT2D eigenvalue weighted by molar-refractivity contribution is -0.140. The number of hydrogen-bond acceptors (Lipinski definition) is 7. The van der Waals surface area contributed by atoms with Crippen LogP contribution in [0.3, 0.4) is 0 Å². The summed E-state index contributed by atoms with van der Waals surface area (Å²) >= 11 is 0. The fourth-order valence-corrected chi connectivity index (χ4v) is 1.97. The number of carbonyl (C=O) groups is 1. The van der Waals surface area contributed by atoms with Crippen molar-refractivity contribution in [2.45, 2.75) is 13.5 Å². The molecule has 1 rings (SSSR count). The molecule has 0 spiro atoms. The molecular formula is C15H24NO6P. The lowest BCUT2D eigenvalue weighted by Gasteiger charge is -2.14. The van der Waals surface area contributed by atoms with Crippen molar-refractivity contribution in [2.75, 3.05) is 40.1 Å². The highest BCUT2D eigenvalue weighted by molar-refractivity contribution is 7.13. The van der Waals surface area contributed by atoms with Gasteiger partial charge >= 0.3 is 5.97 Å². The van der Waals surface area contributed by atoms with Crippen molar-refractivity contribution in [1.29, 1.82) is 0 Å². The zero-order chi connectivity index (χ0) is 17.1. The molecule has 0 heterocycles. The molecule has 0 fully saturated rings. The van der Waals surface area contributed by atoms with Gasteiger partial charge < -0.3 is 24.1 Å². The molecule has 0 saturated carbocycles. The third kappa shape index (κ3) is 7.24. The fourth-order valence-electron chi connectivity index (χ4n) is 1.85. The largest absolute Gasteiger partial charge is 0.493 e. The first-order valence-corrected chi connectivity index (χ1v) is 7.78. The number of benzene rings is 1. The molecular weight excluding hydrogens is 321 g/mol. The van der Waals surface area contributed by atoms with Gasteiger partial charge in [0, 0.05) is 12.1 Å². The van der Waals surface area contributed by atoms with Crippen molar-refractivity contribution in [3.05, 3.63) is 23.3 Å². The Morgan fingerprint density at radius 1 is 1.26 bits per heavy atom. The van der Waals surface area contributed by atoms with E-state index in [1.807, 2.05) is 6.92 Å². The minimum atomic E-state index is -0.562. The molecule has 0 aliphatic heterocycles. The van der Waals surface area contributed by atoms with Crippen LogP contribution in [0.5, 0.6) is 11.5 Å². The second-order valence-electron chi connectivity index (χ2n) is 4.71. The summed E-state index contributed by atoms with van der Waals surface area (Å²) in [6.45, 7) is 3.40. The summed E-state index contributed by atoms with van der Waals surface area (Å²) in [6, 6.07) is 3.47. The van der Waals surface area contributed by atoms with Crippen LogP contribution < -0.4 is 14.6 Å². The van der Waals surface area contributed by atoms with E-state index < -0.39 is 5.97 Å². The van der Waals surface area contributed by atoms with Gasteiger partial charge in [-0.25, -0.2) is 4.79 Å². The van der Waals surface area contributed by atoms with Gasteiger partial charge in [0.25, 0.3) is 0 Å². The number of methoxy groups -OCH3 is 1. The van der Waals surface area contributed by atoms with Gasteiger partial charge in [0.2, 0.25) is 0 Å². The van der Waals surface area contributed by atoms with E-state index >= 15 is 0 Å². The van der Waals surface area contributed by atoms with Crippen LogP contribution in [-0.4, -0.2) is 51.2 Å². The SMILES string of the molecule is COc1cc(C)cc(CO)c1OC(=O)COCCOCCNP. The van der Waals surface area contributed by atoms with Gasteiger partial charge in [-0.15, -0.1) is 0 Å². The Balaban J connectivity index is 2.45. The van der Waals surface area contributed by atoms with E-state index in [2.05, 4.69) is 14.5 Å². The lowest BCUT2D eigenvalue weighted by atomic mass is 10.1. The third-order valence-corrected chi connectivity index (χ3v) is 3.15. The van der Waals surface area contributed by atoms with Crippen LogP contribution in [0.2, 0.25) is 0 Å². The smallest absolute Gasteiger partial charge is 0.337 e. The first-order valence-electron chi connectivity index (χ1n) is 7.20. The highest BCUT2D eigenvalue weighted by Gasteiger charge is 2.15. The third-order valence-electron chi connectivity index (χ3n) is 2.86. The van der Waals surface area contributed by atoms with Crippen LogP contribution in [0.1, 0.15) is 11.1 Å². The van der Waals surface area contributed by atoms with E-state index in [4.69, 9.17) is 18.9 Å². The maximum absolute atomic E-state index is 11.8. The van der Waals surface area contributed by atoms with Crippen LogP contribution in [0, 0.1) is 6.92 Å². The number of carbonyl (C=O) groups excluding carboxylic acids is 1. The normalized spacial score (nSPS) is 10.6. The summed E-state index contributed by atoms with van der Waals surface area (Å²) < 4.78 is 20.9. The number of ether oxygens (including phenoxy) is 4. The fraction of sp³-hybridized carbons (Fsp3) is 0.533. The lowest BCUT2D eigenvalue weighted by Crippen LogP contribution is -2.19. The summed E-state index contributed by atoms with van der Waals surface area (Å²) in [4.78, 5) is 11.8. The number of aliphatic hydroxyl groups is 1. The molecule has 1 aromatic rings. The van der Waals surface area contributed by atoms with Crippen LogP contribution in [0.15, 0.2) is 12.1 Å². The minimum Gasteiger partial charge on any atom is -0.493 e. The average Bonchev–Trinajstić information content (AvgIpc) is 2.55. The Kier molecular flexibility index (Phi) is 9.75. The maximum Gasteiger partial charge on any atom is 0.337 e. The molecule has 1 atom stereocenters. The van der Waals surface area contributed by atoms with Crippen molar-refractivity contribution in [3.8, 4) is 11.5 Å². The second-order valence-corrected chi connectivity index (χ2v) is 5.11. The van der Waals surface area contributed by atoms with Crippen molar-refractivity contribution in [3.63, 3.8) is 0 Å². The molecule has 0 aliphatic rings. The molecule has 8 heteroatoms. The van der Waals surface area contributed by atoms with Gasteiger partial charge in [-0.3, -0.25) is 5.09 Å². The quantitative estimate of drug-likeness (QED) is 0.266. The number of nitrogens with one attached hydrogen (secondary N) is 1. The molecule has 0 aromatic heterocycles. The highest BCUT2D eigenvalue weighted by atomic mass is 31.0. The van der Waals surface area contributed by atoms with Crippen molar-refractivity contribution < 1.29 is 28.8 Å². The first-order chi connectivity index (χ1) is 11.1. The molecule has 0 amide bonds. The Bertz CT molecular complexity index is 472. The van der Waals surface area contributed by atoms with Gasteiger partial charge in [-0.1, -0.05) is 9.39 Å². The number of aliphatic hydroxyl groups excluding tert-OH is 1. The van der Waals surface area contributed by atoms with Gasteiger partial charge in [0.1, 0.15) is 6.61 Å². The van der Waals surface area contributed by atoms with Crippen LogP contribution in [0.25, 0.3) is 0 Å². The van der Waals surface area contributed by atoms with E-state index in [9.17, 15) is 9.90 Å². The molecule has 1 aromatic carbocycles. The summed E-state index contributed by atoms with van der Waals surface area (Å²) in [5.41, 5.74) is 1.39. The average molecular weight is 345 g/mol. The maximum atomic E-state index is 11.8. The zero-order valence-electron chi connectivity index (χ0n) is 13.5. The summed E-state index contributed by atoms with van der Waals surface area (Å²) in [7, 11) is 3.86. The molecule has 0 saturated heterocycles. The molecule has 0 radical (unpaired) electrons. The Morgan fingerprint density at radius 3 is 2.65 bits per heavy atom. The molecule has 0 aliphatic carbocycles. The van der Waals surface area contributed by atoms with E-state index in [0.717, 1.165) is 12.1 Å². The van der Waals surface area contributed by atoms with E-state index in [0.29, 0.717) is 31.1 Å². The topological polar surface area (TPSA) is 86.2 Å². The second kappa shape index (κ2) is 11.3. The van der Waals surface area contributed by atoms with E-state index in [1.165, 1.54) is 7.11 Å². The summed E-state index contributed by atoms with van der Waals surface area (Å²) in [5.74, 6) is 0.0566. The monoisotopic (exact) mass is 345 g/mol. The molecule has 1 unspecified atom stereocenters. The first kappa shape index (κ1) is 19.8. The van der Waals surface area contributed by atoms with Crippen molar-refractivity contribution in [1.82, 2.24) is 5.09 Å². The molecule has 0 bridgehead atoms. The summed E-state index contributed by atoms with van der Waals surface area (Å²) in [5, 5.41) is 12.3. The van der Waals surface area contributed by atoms with Gasteiger partial charge in [0.15, 0.2) is 11.5 Å². The van der Waals surface area contributed by atoms with Gasteiger partial charge in [0.05, 0.1) is 33.5 Å². The number of esters is 1. The van der Waals surface area contributed by atoms with E-state index in [1.54, 1.807) is 12.1 Å². The standard InChI is InChI=1S/C15H24NO6P/c1-11-7-12(9-17)15(13(8-11)19-2)22-14(18)10-21-6-5-20-4-3-16-23/h7-8,16-17H,3-6,9-10,23H2,1-2H3. The van der Waals surface area contributed by atoms with E-state index in [-0.39, 0.29) is 19.0 Å². The number of aryl methyl sites for hydroxylation is 1. The van der Waals surface area contributed by atoms with Crippen LogP contribution >= 0.6 is 9.39 Å². The van der Waals surface area contributed by atoms with Gasteiger partial charge in [-0.05, 0) is 24.6 Å². The molecule has 23 heavy (non-hydrogen) atoms. The predicted octanol–water partition coefficient (Wildman–Crippen LogP) is 0.814. The molecule has 130 valence electrons. The number of hydrogen-bond donors (Lipinski definition) is 2. The van der Waals surface area contributed by atoms with Crippen LogP contribution in [0.4, 0.5) is 0 Å². The highest BCUT2D eigenvalue weighted by Crippen LogP contribution is 2.32. The zero-order valence-corrected chi connectivity index (χ0v) is 14.6. The Morgan fingerprint density at radius 2 is 2.00 bits per heavy atom. The minimum absolute atomic E-state index is 0.201. The predicted molar refractivity (Wildman–Crippen MR) is 88.6 cm³/mol. The van der Waals surface area contributed by atoms with Crippen LogP contribution in [-0.2, 0) is 20.9 Å². The molecule has 7 nitrogen and oxygen atoms in total. The number of rotatable bonds is 11. The Labute approximate surface area is 138 Å². The summed E-state index contributed by atoms with van der Waals surface area (Å²) in [6.07, 6.45) is 0. The van der Waals surface area contributed by atoms with Crippen molar-refractivity contribution in [2.24, 2.45) is 0 Å².